The molecule has 3 N–H and O–H groups in total. The van der Waals surface area contributed by atoms with Crippen LogP contribution in [0.5, 0.6) is 0 Å². The standard InChI is InChI=1S/C7H13N3O/c1-3-4-5-6(8)7(11)10(2)9-5/h9H,3-4,8H2,1-2H3. The van der Waals surface area contributed by atoms with Gasteiger partial charge in [-0.05, 0) is 6.42 Å². The molecule has 11 heavy (non-hydrogen) atoms. The fraction of sp³-hybridized carbons (Fsp3) is 0.571. The smallest absolute Gasteiger partial charge is 0.289 e. The first-order valence-electron chi connectivity index (χ1n) is 3.70. The summed E-state index contributed by atoms with van der Waals surface area (Å²) in [5.74, 6) is 0. The summed E-state index contributed by atoms with van der Waals surface area (Å²) in [5, 5.41) is 2.89. The third-order valence-corrected chi connectivity index (χ3v) is 1.66. The Kier molecular flexibility index (Phi) is 2.03. The highest BCUT2D eigenvalue weighted by atomic mass is 16.1. The van der Waals surface area contributed by atoms with Crippen LogP contribution >= 0.6 is 0 Å². The van der Waals surface area contributed by atoms with Gasteiger partial charge in [0.1, 0.15) is 5.69 Å². The third-order valence-electron chi connectivity index (χ3n) is 1.66. The van der Waals surface area contributed by atoms with E-state index in [1.807, 2.05) is 6.92 Å². The zero-order chi connectivity index (χ0) is 8.43. The second kappa shape index (κ2) is 2.82. The number of aryl methyl sites for hydroxylation is 2. The van der Waals surface area contributed by atoms with Crippen molar-refractivity contribution in [1.82, 2.24) is 9.78 Å². The minimum Gasteiger partial charge on any atom is -0.393 e. The molecule has 0 bridgehead atoms. The van der Waals surface area contributed by atoms with Gasteiger partial charge in [-0.25, -0.2) is 0 Å². The summed E-state index contributed by atoms with van der Waals surface area (Å²) in [7, 11) is 1.66. The van der Waals surface area contributed by atoms with Gasteiger partial charge in [0.05, 0.1) is 5.69 Å². The molecule has 0 fully saturated rings. The van der Waals surface area contributed by atoms with Crippen LogP contribution < -0.4 is 11.3 Å². The number of nitrogens with one attached hydrogen (secondary N) is 1. The molecule has 1 aromatic rings. The Balaban J connectivity index is 3.08. The van der Waals surface area contributed by atoms with Crippen molar-refractivity contribution in [3.05, 3.63) is 16.0 Å². The fourth-order valence-electron chi connectivity index (χ4n) is 1.06. The summed E-state index contributed by atoms with van der Waals surface area (Å²) >= 11 is 0. The van der Waals surface area contributed by atoms with Gasteiger partial charge in [0.15, 0.2) is 0 Å². The van der Waals surface area contributed by atoms with E-state index in [9.17, 15) is 4.79 Å². The third kappa shape index (κ3) is 1.29. The van der Waals surface area contributed by atoms with E-state index in [-0.39, 0.29) is 5.56 Å². The maximum atomic E-state index is 11.1. The summed E-state index contributed by atoms with van der Waals surface area (Å²) in [6.07, 6.45) is 1.83. The van der Waals surface area contributed by atoms with Crippen molar-refractivity contribution >= 4 is 5.69 Å². The Hall–Kier alpha value is -1.19. The van der Waals surface area contributed by atoms with Crippen molar-refractivity contribution in [2.24, 2.45) is 7.05 Å². The van der Waals surface area contributed by atoms with E-state index < -0.39 is 0 Å². The van der Waals surface area contributed by atoms with Gasteiger partial charge >= 0.3 is 0 Å². The van der Waals surface area contributed by atoms with E-state index >= 15 is 0 Å². The van der Waals surface area contributed by atoms with Crippen molar-refractivity contribution in [3.8, 4) is 0 Å². The van der Waals surface area contributed by atoms with Crippen molar-refractivity contribution < 1.29 is 0 Å². The van der Waals surface area contributed by atoms with Crippen molar-refractivity contribution in [3.63, 3.8) is 0 Å². The maximum absolute atomic E-state index is 11.1. The van der Waals surface area contributed by atoms with Gasteiger partial charge in [-0.1, -0.05) is 13.3 Å². The molecule has 4 heteroatoms. The number of aromatic amines is 1. The van der Waals surface area contributed by atoms with E-state index in [0.29, 0.717) is 5.69 Å². The maximum Gasteiger partial charge on any atom is 0.289 e. The second-order valence-corrected chi connectivity index (χ2v) is 2.62. The summed E-state index contributed by atoms with van der Waals surface area (Å²) in [6.45, 7) is 2.05. The number of H-pyrrole nitrogens is 1. The van der Waals surface area contributed by atoms with Crippen LogP contribution in [0.1, 0.15) is 19.0 Å². The molecule has 0 aromatic carbocycles. The zero-order valence-electron chi connectivity index (χ0n) is 6.85. The van der Waals surface area contributed by atoms with E-state index in [1.54, 1.807) is 7.05 Å². The molecule has 0 aliphatic carbocycles. The molecule has 0 saturated carbocycles. The lowest BCUT2D eigenvalue weighted by Crippen LogP contribution is -2.14. The number of nitrogens with zero attached hydrogens (tertiary/aromatic N) is 1. The van der Waals surface area contributed by atoms with Gasteiger partial charge in [0.2, 0.25) is 0 Å². The van der Waals surface area contributed by atoms with Crippen LogP contribution in [-0.4, -0.2) is 9.78 Å². The van der Waals surface area contributed by atoms with Gasteiger partial charge in [-0.15, -0.1) is 0 Å². The van der Waals surface area contributed by atoms with Crippen LogP contribution in [0.25, 0.3) is 0 Å². The Labute approximate surface area is 65.0 Å². The van der Waals surface area contributed by atoms with Gasteiger partial charge in [0, 0.05) is 7.05 Å². The second-order valence-electron chi connectivity index (χ2n) is 2.62. The van der Waals surface area contributed by atoms with E-state index in [2.05, 4.69) is 5.10 Å². The molecule has 0 saturated heterocycles. The average molecular weight is 155 g/mol. The lowest BCUT2D eigenvalue weighted by molar-refractivity contribution is 0.713. The molecule has 0 amide bonds. The quantitative estimate of drug-likeness (QED) is 0.643. The van der Waals surface area contributed by atoms with Gasteiger partial charge in [-0.3, -0.25) is 14.6 Å². The Morgan fingerprint density at radius 1 is 1.64 bits per heavy atom. The summed E-state index contributed by atoms with van der Waals surface area (Å²) in [4.78, 5) is 11.1. The van der Waals surface area contributed by atoms with Crippen molar-refractivity contribution in [1.29, 1.82) is 0 Å². The summed E-state index contributed by atoms with van der Waals surface area (Å²) in [6, 6.07) is 0. The molecular weight excluding hydrogens is 142 g/mol. The lowest BCUT2D eigenvalue weighted by Gasteiger charge is -1.92. The average Bonchev–Trinajstić information content (AvgIpc) is 2.19. The predicted octanol–water partition coefficient (Wildman–Crippen LogP) is 0.248. The van der Waals surface area contributed by atoms with E-state index in [4.69, 9.17) is 5.73 Å². The normalized spacial score (nSPS) is 10.4. The topological polar surface area (TPSA) is 63.8 Å². The number of nitrogen functional groups attached to an aromatic ring is 1. The van der Waals surface area contributed by atoms with Crippen LogP contribution in [0.3, 0.4) is 0 Å². The molecular formula is C7H13N3O. The first-order chi connectivity index (χ1) is 5.16. The van der Waals surface area contributed by atoms with E-state index in [1.165, 1.54) is 4.68 Å². The van der Waals surface area contributed by atoms with Crippen molar-refractivity contribution in [2.75, 3.05) is 5.73 Å². The molecule has 62 valence electrons. The van der Waals surface area contributed by atoms with Crippen molar-refractivity contribution in [2.45, 2.75) is 19.8 Å². The highest BCUT2D eigenvalue weighted by molar-refractivity contribution is 5.40. The first kappa shape index (κ1) is 7.91. The largest absolute Gasteiger partial charge is 0.393 e. The molecule has 1 heterocycles. The SMILES string of the molecule is CCCc1[nH]n(C)c(=O)c1N. The number of hydrogen-bond donors (Lipinski definition) is 2. The first-order valence-corrected chi connectivity index (χ1v) is 3.70. The van der Waals surface area contributed by atoms with E-state index in [0.717, 1.165) is 18.5 Å². The molecule has 4 nitrogen and oxygen atoms in total. The van der Waals surface area contributed by atoms with Crippen LogP contribution in [0.2, 0.25) is 0 Å². The Morgan fingerprint density at radius 2 is 2.27 bits per heavy atom. The molecule has 0 radical (unpaired) electrons. The molecule has 0 spiro atoms. The Bertz CT molecular complexity index is 297. The minimum absolute atomic E-state index is 0.131. The van der Waals surface area contributed by atoms with Crippen LogP contribution in [0, 0.1) is 0 Å². The summed E-state index contributed by atoms with van der Waals surface area (Å²) in [5.41, 5.74) is 6.60. The van der Waals surface area contributed by atoms with Crippen LogP contribution in [0.15, 0.2) is 4.79 Å². The molecule has 0 atom stereocenters. The predicted molar refractivity (Wildman–Crippen MR) is 44.4 cm³/mol. The molecule has 0 aliphatic rings. The van der Waals surface area contributed by atoms with Gasteiger partial charge in [0.25, 0.3) is 5.56 Å². The van der Waals surface area contributed by atoms with Crippen LogP contribution in [0.4, 0.5) is 5.69 Å². The highest BCUT2D eigenvalue weighted by Crippen LogP contribution is 2.04. The Morgan fingerprint density at radius 3 is 2.64 bits per heavy atom. The van der Waals surface area contributed by atoms with Crippen LogP contribution in [-0.2, 0) is 13.5 Å². The van der Waals surface area contributed by atoms with Gasteiger partial charge in [-0.2, -0.15) is 0 Å². The molecule has 0 aliphatic heterocycles. The minimum atomic E-state index is -0.131. The molecule has 1 aromatic heterocycles. The molecule has 0 unspecified atom stereocenters. The monoisotopic (exact) mass is 155 g/mol. The number of anilines is 1. The highest BCUT2D eigenvalue weighted by Gasteiger charge is 2.06. The lowest BCUT2D eigenvalue weighted by atomic mass is 10.2. The van der Waals surface area contributed by atoms with Gasteiger partial charge < -0.3 is 5.73 Å². The summed E-state index contributed by atoms with van der Waals surface area (Å²) < 4.78 is 1.40. The fourth-order valence-corrected chi connectivity index (χ4v) is 1.06. The number of hydrogen-bond acceptors (Lipinski definition) is 2. The number of aromatic nitrogens is 2. The molecule has 1 rings (SSSR count). The number of rotatable bonds is 2. The zero-order valence-corrected chi connectivity index (χ0v) is 6.85. The number of nitrogens with two attached hydrogens (primary N) is 1.